The van der Waals surface area contributed by atoms with Crippen LogP contribution in [0.15, 0.2) is 174 Å². The molecule has 0 bridgehead atoms. The Hall–Kier alpha value is -7.11. The second-order valence-electron chi connectivity index (χ2n) is 13.0. The predicted molar refractivity (Wildman–Crippen MR) is 211 cm³/mol. The van der Waals surface area contributed by atoms with E-state index in [4.69, 9.17) is 19.4 Å². The molecule has 1 N–H and O–H groups in total. The zero-order valence-electron chi connectivity index (χ0n) is 27.9. The van der Waals surface area contributed by atoms with Gasteiger partial charge in [0, 0.05) is 44.2 Å². The maximum atomic E-state index is 12.4. The fraction of sp³-hybridized carbons (Fsp3) is 0. The number of benzene rings is 8. The molecule has 5 heteroatoms. The molecule has 2 heterocycles. The van der Waals surface area contributed by atoms with Crippen LogP contribution in [-0.2, 0) is 0 Å². The van der Waals surface area contributed by atoms with Crippen LogP contribution in [0.4, 0.5) is 0 Å². The smallest absolute Gasteiger partial charge is 0.164 e. The Morgan fingerprint density at radius 1 is 0.385 bits per heavy atom. The minimum atomic E-state index is 0.122. The molecule has 0 amide bonds. The number of hydrogen-bond acceptors (Lipinski definition) is 5. The quantitative estimate of drug-likeness (QED) is 0.198. The summed E-state index contributed by atoms with van der Waals surface area (Å²) in [5, 5.41) is 18.9. The van der Waals surface area contributed by atoms with Gasteiger partial charge in [-0.3, -0.25) is 0 Å². The summed E-state index contributed by atoms with van der Waals surface area (Å²) in [5.41, 5.74) is 6.91. The standard InChI is InChI=1S/C47H29N3O2/c51-43-37(39-19-10-18-38-36-17-8-9-20-41(36)52-44(38)39)25-26-40(42(43)31-13-2-1-3-14-31)47-49-45(34-23-21-29-11-4-6-15-32(29)27-34)48-46(50-47)35-24-22-30-12-5-7-16-33(30)28-35/h1-28,51H. The van der Waals surface area contributed by atoms with Gasteiger partial charge in [0.2, 0.25) is 0 Å². The summed E-state index contributed by atoms with van der Waals surface area (Å²) < 4.78 is 6.40. The van der Waals surface area contributed by atoms with E-state index in [0.29, 0.717) is 34.2 Å². The highest BCUT2D eigenvalue weighted by molar-refractivity contribution is 6.10. The molecule has 0 saturated carbocycles. The van der Waals surface area contributed by atoms with Gasteiger partial charge in [-0.1, -0.05) is 140 Å². The number of nitrogens with zero attached hydrogens (tertiary/aromatic N) is 3. The summed E-state index contributed by atoms with van der Waals surface area (Å²) in [6, 6.07) is 57.0. The van der Waals surface area contributed by atoms with Crippen LogP contribution in [0.5, 0.6) is 5.75 Å². The zero-order chi connectivity index (χ0) is 34.6. The molecule has 10 rings (SSSR count). The number of fused-ring (bicyclic) bond motifs is 5. The Balaban J connectivity index is 1.22. The lowest BCUT2D eigenvalue weighted by atomic mass is 9.92. The highest BCUT2D eigenvalue weighted by Crippen LogP contribution is 2.46. The first-order valence-electron chi connectivity index (χ1n) is 17.2. The van der Waals surface area contributed by atoms with Gasteiger partial charge in [0.1, 0.15) is 16.9 Å². The number of hydrogen-bond donors (Lipinski definition) is 1. The van der Waals surface area contributed by atoms with E-state index in [1.807, 2.05) is 97.1 Å². The molecule has 0 radical (unpaired) electrons. The highest BCUT2D eigenvalue weighted by atomic mass is 16.3. The molecule has 10 aromatic rings. The minimum absolute atomic E-state index is 0.122. The molecule has 0 atom stereocenters. The number of phenolic OH excluding ortho intramolecular Hbond substituents is 1. The van der Waals surface area contributed by atoms with Crippen LogP contribution < -0.4 is 0 Å². The molecular weight excluding hydrogens is 639 g/mol. The van der Waals surface area contributed by atoms with E-state index in [1.165, 1.54) is 0 Å². The van der Waals surface area contributed by atoms with Gasteiger partial charge < -0.3 is 9.52 Å². The Labute approximate surface area is 299 Å². The fourth-order valence-corrected chi connectivity index (χ4v) is 7.26. The van der Waals surface area contributed by atoms with Crippen LogP contribution in [0.1, 0.15) is 0 Å². The van der Waals surface area contributed by atoms with Crippen LogP contribution >= 0.6 is 0 Å². The van der Waals surface area contributed by atoms with Gasteiger partial charge in [-0.15, -0.1) is 0 Å². The monoisotopic (exact) mass is 667 g/mol. The summed E-state index contributed by atoms with van der Waals surface area (Å²) >= 11 is 0. The Bertz CT molecular complexity index is 2890. The van der Waals surface area contributed by atoms with Crippen molar-refractivity contribution in [3.05, 3.63) is 170 Å². The summed E-state index contributed by atoms with van der Waals surface area (Å²) in [6.07, 6.45) is 0. The number of para-hydroxylation sites is 2. The molecule has 2 aromatic heterocycles. The normalized spacial score (nSPS) is 11.5. The third kappa shape index (κ3) is 4.98. The average Bonchev–Trinajstić information content (AvgIpc) is 3.60. The van der Waals surface area contributed by atoms with Crippen molar-refractivity contribution in [2.45, 2.75) is 0 Å². The van der Waals surface area contributed by atoms with E-state index in [0.717, 1.165) is 65.7 Å². The van der Waals surface area contributed by atoms with Gasteiger partial charge in [-0.05, 0) is 57.4 Å². The van der Waals surface area contributed by atoms with Gasteiger partial charge >= 0.3 is 0 Å². The van der Waals surface area contributed by atoms with Crippen LogP contribution in [0.25, 0.3) is 99.9 Å². The molecule has 0 aliphatic carbocycles. The molecule has 8 aromatic carbocycles. The van der Waals surface area contributed by atoms with E-state index < -0.39 is 0 Å². The van der Waals surface area contributed by atoms with Crippen molar-refractivity contribution in [1.82, 2.24) is 15.0 Å². The third-order valence-electron chi connectivity index (χ3n) is 9.83. The zero-order valence-corrected chi connectivity index (χ0v) is 27.9. The van der Waals surface area contributed by atoms with Crippen molar-refractivity contribution in [2.24, 2.45) is 0 Å². The van der Waals surface area contributed by atoms with Gasteiger partial charge in [-0.2, -0.15) is 0 Å². The molecule has 0 aliphatic rings. The molecule has 244 valence electrons. The van der Waals surface area contributed by atoms with E-state index >= 15 is 0 Å². The molecule has 0 aliphatic heterocycles. The Morgan fingerprint density at radius 3 is 1.63 bits per heavy atom. The van der Waals surface area contributed by atoms with Crippen molar-refractivity contribution < 1.29 is 9.52 Å². The lowest BCUT2D eigenvalue weighted by Crippen LogP contribution is -2.01. The molecule has 0 unspecified atom stereocenters. The van der Waals surface area contributed by atoms with Crippen LogP contribution in [0.2, 0.25) is 0 Å². The average molecular weight is 668 g/mol. The van der Waals surface area contributed by atoms with E-state index in [2.05, 4.69) is 72.8 Å². The number of phenols is 1. The van der Waals surface area contributed by atoms with Gasteiger partial charge in [0.05, 0.1) is 0 Å². The molecule has 0 fully saturated rings. The second kappa shape index (κ2) is 12.0. The lowest BCUT2D eigenvalue weighted by Gasteiger charge is -2.16. The first-order chi connectivity index (χ1) is 25.7. The van der Waals surface area contributed by atoms with E-state index in [1.54, 1.807) is 0 Å². The summed E-state index contributed by atoms with van der Waals surface area (Å²) in [7, 11) is 0. The second-order valence-corrected chi connectivity index (χ2v) is 13.0. The SMILES string of the molecule is Oc1c(-c2cccc3c2oc2ccccc23)ccc(-c2nc(-c3ccc4ccccc4c3)nc(-c3ccc4ccccc4c3)n2)c1-c1ccccc1. The van der Waals surface area contributed by atoms with Crippen LogP contribution in [0.3, 0.4) is 0 Å². The molecule has 0 spiro atoms. The van der Waals surface area contributed by atoms with E-state index in [9.17, 15) is 5.11 Å². The van der Waals surface area contributed by atoms with Crippen LogP contribution in [0, 0.1) is 0 Å². The number of rotatable bonds is 5. The van der Waals surface area contributed by atoms with Crippen molar-refractivity contribution in [2.75, 3.05) is 0 Å². The fourth-order valence-electron chi connectivity index (χ4n) is 7.26. The van der Waals surface area contributed by atoms with Gasteiger partial charge in [-0.25, -0.2) is 15.0 Å². The van der Waals surface area contributed by atoms with Crippen molar-refractivity contribution >= 4 is 43.5 Å². The summed E-state index contributed by atoms with van der Waals surface area (Å²) in [4.78, 5) is 15.3. The number of aromatic hydroxyl groups is 1. The number of aromatic nitrogens is 3. The van der Waals surface area contributed by atoms with Crippen molar-refractivity contribution in [3.8, 4) is 62.2 Å². The molecule has 5 nitrogen and oxygen atoms in total. The summed E-state index contributed by atoms with van der Waals surface area (Å²) in [5.74, 6) is 1.68. The first kappa shape index (κ1) is 29.8. The molecule has 0 saturated heterocycles. The van der Waals surface area contributed by atoms with Crippen molar-refractivity contribution in [3.63, 3.8) is 0 Å². The van der Waals surface area contributed by atoms with Gasteiger partial charge in [0.25, 0.3) is 0 Å². The Kier molecular flexibility index (Phi) is 6.89. The van der Waals surface area contributed by atoms with Crippen molar-refractivity contribution in [1.29, 1.82) is 0 Å². The largest absolute Gasteiger partial charge is 0.507 e. The third-order valence-corrected chi connectivity index (χ3v) is 9.83. The lowest BCUT2D eigenvalue weighted by molar-refractivity contribution is 0.479. The van der Waals surface area contributed by atoms with E-state index in [-0.39, 0.29) is 5.75 Å². The highest BCUT2D eigenvalue weighted by Gasteiger charge is 2.23. The van der Waals surface area contributed by atoms with Gasteiger partial charge in [0.15, 0.2) is 17.5 Å². The molecular formula is C47H29N3O2. The molecule has 52 heavy (non-hydrogen) atoms. The number of furan rings is 1. The topological polar surface area (TPSA) is 72.0 Å². The Morgan fingerprint density at radius 2 is 0.942 bits per heavy atom. The predicted octanol–water partition coefficient (Wildman–Crippen LogP) is 12.1. The first-order valence-corrected chi connectivity index (χ1v) is 17.2. The summed E-state index contributed by atoms with van der Waals surface area (Å²) in [6.45, 7) is 0. The maximum Gasteiger partial charge on any atom is 0.164 e. The minimum Gasteiger partial charge on any atom is -0.507 e. The maximum absolute atomic E-state index is 12.4. The van der Waals surface area contributed by atoms with Crippen LogP contribution in [-0.4, -0.2) is 20.1 Å².